The van der Waals surface area contributed by atoms with E-state index in [-0.39, 0.29) is 11.0 Å². The average molecular weight is 339 g/mol. The summed E-state index contributed by atoms with van der Waals surface area (Å²) in [4.78, 5) is 11.0. The average Bonchev–Trinajstić information content (AvgIpc) is 3.35. The zero-order chi connectivity index (χ0) is 17.2. The van der Waals surface area contributed by atoms with Gasteiger partial charge in [-0.1, -0.05) is 81.4 Å². The van der Waals surface area contributed by atoms with Crippen LogP contribution in [0.25, 0.3) is 0 Å². The predicted octanol–water partition coefficient (Wildman–Crippen LogP) is 3.40. The standard InChI is InChI=1S/C21H26O2Si/c1-21(2,3)24(19-10-6-4-7-11-19,20-12-8-5-9-13-20)23-16-18-14-17(18)15-22/h4-13,15,17-18H,14,16H2,1-3H3/t17-,18+/m0/s1. The highest BCUT2D eigenvalue weighted by Crippen LogP contribution is 2.41. The Morgan fingerprint density at radius 2 is 1.50 bits per heavy atom. The number of carbonyl (C=O) groups is 1. The lowest BCUT2D eigenvalue weighted by molar-refractivity contribution is -0.109. The molecule has 2 atom stereocenters. The Labute approximate surface area is 146 Å². The number of rotatable bonds is 6. The highest BCUT2D eigenvalue weighted by Gasteiger charge is 2.51. The van der Waals surface area contributed by atoms with Crippen LogP contribution in [0.3, 0.4) is 0 Å². The first kappa shape index (κ1) is 17.1. The Hall–Kier alpha value is -1.71. The third kappa shape index (κ3) is 3.11. The summed E-state index contributed by atoms with van der Waals surface area (Å²) in [7, 11) is -2.43. The molecule has 0 aliphatic heterocycles. The Kier molecular flexibility index (Phi) is 4.75. The molecule has 0 amide bonds. The second-order valence-corrected chi connectivity index (χ2v) is 12.1. The van der Waals surface area contributed by atoms with Crippen molar-refractivity contribution in [1.29, 1.82) is 0 Å². The van der Waals surface area contributed by atoms with Gasteiger partial charge in [-0.05, 0) is 27.8 Å². The van der Waals surface area contributed by atoms with E-state index in [1.807, 2.05) is 0 Å². The fraction of sp³-hybridized carbons (Fsp3) is 0.381. The molecule has 3 heteroatoms. The van der Waals surface area contributed by atoms with Gasteiger partial charge in [0.15, 0.2) is 0 Å². The summed E-state index contributed by atoms with van der Waals surface area (Å²) in [6.07, 6.45) is 2.06. The van der Waals surface area contributed by atoms with Crippen molar-refractivity contribution in [3.8, 4) is 0 Å². The molecule has 1 aliphatic carbocycles. The molecule has 1 saturated carbocycles. The molecule has 0 spiro atoms. The van der Waals surface area contributed by atoms with Gasteiger partial charge in [0.05, 0.1) is 0 Å². The Morgan fingerprint density at radius 3 is 1.88 bits per heavy atom. The molecular formula is C21H26O2Si. The molecule has 0 heterocycles. The number of hydrogen-bond donors (Lipinski definition) is 0. The van der Waals surface area contributed by atoms with Crippen LogP contribution in [0, 0.1) is 11.8 Å². The van der Waals surface area contributed by atoms with Crippen molar-refractivity contribution >= 4 is 25.0 Å². The minimum absolute atomic E-state index is 0.00126. The minimum Gasteiger partial charge on any atom is -0.407 e. The van der Waals surface area contributed by atoms with E-state index in [1.165, 1.54) is 10.4 Å². The molecule has 2 aromatic carbocycles. The summed E-state index contributed by atoms with van der Waals surface area (Å²) in [6, 6.07) is 21.3. The van der Waals surface area contributed by atoms with Crippen LogP contribution >= 0.6 is 0 Å². The molecule has 3 rings (SSSR count). The van der Waals surface area contributed by atoms with Crippen molar-refractivity contribution in [2.45, 2.75) is 32.2 Å². The van der Waals surface area contributed by atoms with Gasteiger partial charge in [-0.15, -0.1) is 0 Å². The molecule has 0 saturated heterocycles. The van der Waals surface area contributed by atoms with Crippen LogP contribution in [0.2, 0.25) is 5.04 Å². The SMILES string of the molecule is CC(C)(C)[Si](OC[C@H]1C[C@H]1C=O)(c1ccccc1)c1ccccc1. The van der Waals surface area contributed by atoms with Crippen molar-refractivity contribution in [2.75, 3.05) is 6.61 Å². The minimum atomic E-state index is -2.43. The van der Waals surface area contributed by atoms with E-state index in [0.29, 0.717) is 12.5 Å². The topological polar surface area (TPSA) is 26.3 Å². The van der Waals surface area contributed by atoms with Crippen molar-refractivity contribution in [2.24, 2.45) is 11.8 Å². The summed E-state index contributed by atoms with van der Waals surface area (Å²) < 4.78 is 6.80. The summed E-state index contributed by atoms with van der Waals surface area (Å²) >= 11 is 0. The van der Waals surface area contributed by atoms with Crippen molar-refractivity contribution in [3.05, 3.63) is 60.7 Å². The van der Waals surface area contributed by atoms with E-state index in [0.717, 1.165) is 12.7 Å². The quantitative estimate of drug-likeness (QED) is 0.596. The molecule has 0 N–H and O–H groups in total. The first-order valence-electron chi connectivity index (χ1n) is 8.69. The lowest BCUT2D eigenvalue weighted by Crippen LogP contribution is -2.66. The maximum atomic E-state index is 11.0. The van der Waals surface area contributed by atoms with Crippen LogP contribution in [0.4, 0.5) is 0 Å². The van der Waals surface area contributed by atoms with Gasteiger partial charge >= 0.3 is 0 Å². The second-order valence-electron chi connectivity index (χ2n) is 7.77. The molecule has 1 aliphatic rings. The molecule has 1 fully saturated rings. The van der Waals surface area contributed by atoms with E-state index >= 15 is 0 Å². The molecule has 0 aromatic heterocycles. The fourth-order valence-corrected chi connectivity index (χ4v) is 8.24. The van der Waals surface area contributed by atoms with Crippen molar-refractivity contribution < 1.29 is 9.22 Å². The number of hydrogen-bond acceptors (Lipinski definition) is 2. The van der Waals surface area contributed by atoms with Crippen LogP contribution in [0.15, 0.2) is 60.7 Å². The lowest BCUT2D eigenvalue weighted by Gasteiger charge is -2.43. The zero-order valence-corrected chi connectivity index (χ0v) is 15.7. The van der Waals surface area contributed by atoms with Gasteiger partial charge in [-0.3, -0.25) is 0 Å². The maximum absolute atomic E-state index is 11.0. The zero-order valence-electron chi connectivity index (χ0n) is 14.7. The van der Waals surface area contributed by atoms with Crippen LogP contribution < -0.4 is 10.4 Å². The smallest absolute Gasteiger partial charge is 0.261 e. The van der Waals surface area contributed by atoms with Gasteiger partial charge in [0.1, 0.15) is 6.29 Å². The normalized spacial score (nSPS) is 20.6. The highest BCUT2D eigenvalue weighted by atomic mass is 28.4. The van der Waals surface area contributed by atoms with Gasteiger partial charge in [-0.25, -0.2) is 0 Å². The Balaban J connectivity index is 2.05. The molecule has 0 radical (unpaired) electrons. The number of benzene rings is 2. The summed E-state index contributed by atoms with van der Waals surface area (Å²) in [5.41, 5.74) is 0. The van der Waals surface area contributed by atoms with E-state index in [1.54, 1.807) is 0 Å². The van der Waals surface area contributed by atoms with Crippen molar-refractivity contribution in [1.82, 2.24) is 0 Å². The lowest BCUT2D eigenvalue weighted by atomic mass is 10.2. The van der Waals surface area contributed by atoms with Gasteiger partial charge in [0.25, 0.3) is 8.32 Å². The largest absolute Gasteiger partial charge is 0.407 e. The molecule has 2 aromatic rings. The Morgan fingerprint density at radius 1 is 1.00 bits per heavy atom. The van der Waals surface area contributed by atoms with Crippen molar-refractivity contribution in [3.63, 3.8) is 0 Å². The predicted molar refractivity (Wildman–Crippen MR) is 101 cm³/mol. The van der Waals surface area contributed by atoms with Gasteiger partial charge in [0, 0.05) is 12.5 Å². The third-order valence-corrected chi connectivity index (χ3v) is 10.1. The Bertz CT molecular complexity index is 636. The molecule has 2 nitrogen and oxygen atoms in total. The number of aldehydes is 1. The molecular weight excluding hydrogens is 312 g/mol. The van der Waals surface area contributed by atoms with Crippen LogP contribution in [-0.2, 0) is 9.22 Å². The molecule has 24 heavy (non-hydrogen) atoms. The van der Waals surface area contributed by atoms with Gasteiger partial charge in [0.2, 0.25) is 0 Å². The molecule has 0 bridgehead atoms. The first-order chi connectivity index (χ1) is 11.5. The van der Waals surface area contributed by atoms with E-state index in [4.69, 9.17) is 4.43 Å². The van der Waals surface area contributed by atoms with Crippen LogP contribution in [-0.4, -0.2) is 21.2 Å². The number of carbonyl (C=O) groups excluding carboxylic acids is 1. The van der Waals surface area contributed by atoms with Gasteiger partial charge < -0.3 is 9.22 Å². The molecule has 126 valence electrons. The summed E-state index contributed by atoms with van der Waals surface area (Å²) in [5, 5.41) is 2.60. The first-order valence-corrected chi connectivity index (χ1v) is 10.6. The second kappa shape index (κ2) is 6.65. The van der Waals surface area contributed by atoms with E-state index < -0.39 is 8.32 Å². The van der Waals surface area contributed by atoms with E-state index in [9.17, 15) is 4.79 Å². The molecule has 0 unspecified atom stereocenters. The fourth-order valence-electron chi connectivity index (χ4n) is 3.62. The van der Waals surface area contributed by atoms with Crippen LogP contribution in [0.1, 0.15) is 27.2 Å². The third-order valence-electron chi connectivity index (χ3n) is 5.08. The summed E-state index contributed by atoms with van der Waals surface area (Å²) in [5.74, 6) is 0.590. The van der Waals surface area contributed by atoms with E-state index in [2.05, 4.69) is 81.4 Å². The maximum Gasteiger partial charge on any atom is 0.261 e. The van der Waals surface area contributed by atoms with Gasteiger partial charge in [-0.2, -0.15) is 0 Å². The highest BCUT2D eigenvalue weighted by molar-refractivity contribution is 6.99. The summed E-state index contributed by atoms with van der Waals surface area (Å²) in [6.45, 7) is 7.52. The van der Waals surface area contributed by atoms with Crippen LogP contribution in [0.5, 0.6) is 0 Å². The monoisotopic (exact) mass is 338 g/mol.